The number of aliphatic imine (C=N–C) groups is 1. The molecule has 0 bridgehead atoms. The second kappa shape index (κ2) is 4.94. The molecule has 0 aliphatic heterocycles. The molecule has 92 valence electrons. The molecule has 0 aliphatic rings. The summed E-state index contributed by atoms with van der Waals surface area (Å²) in [5.41, 5.74) is 3.55. The van der Waals surface area contributed by atoms with Crippen LogP contribution in [0, 0.1) is 0 Å². The number of imidazole rings is 1. The van der Waals surface area contributed by atoms with Crippen molar-refractivity contribution in [2.45, 2.75) is 0 Å². The molecule has 0 aliphatic carbocycles. The number of benzene rings is 1. The van der Waals surface area contributed by atoms with Gasteiger partial charge in [0, 0.05) is 18.0 Å². The van der Waals surface area contributed by atoms with Gasteiger partial charge < -0.3 is 4.40 Å². The van der Waals surface area contributed by atoms with Crippen LogP contribution in [-0.4, -0.2) is 14.5 Å². The SMILES string of the molecule is S=C=Nc1ccc(-c2cn3cc(Cl)ccc3n2)cc1. The number of thiocarbonyl (C=S) groups is 1. The molecule has 19 heavy (non-hydrogen) atoms. The van der Waals surface area contributed by atoms with Gasteiger partial charge in [0.1, 0.15) is 5.65 Å². The second-order valence-electron chi connectivity index (χ2n) is 3.99. The Labute approximate surface area is 120 Å². The van der Waals surface area contributed by atoms with Crippen LogP contribution in [-0.2, 0) is 0 Å². The minimum Gasteiger partial charge on any atom is -0.305 e. The van der Waals surface area contributed by atoms with Gasteiger partial charge in [-0.2, -0.15) is 4.99 Å². The molecule has 5 heteroatoms. The van der Waals surface area contributed by atoms with Crippen LogP contribution < -0.4 is 0 Å². The van der Waals surface area contributed by atoms with Crippen LogP contribution in [0.15, 0.2) is 53.8 Å². The predicted molar refractivity (Wildman–Crippen MR) is 80.3 cm³/mol. The van der Waals surface area contributed by atoms with Crippen molar-refractivity contribution in [1.29, 1.82) is 0 Å². The van der Waals surface area contributed by atoms with Crippen molar-refractivity contribution < 1.29 is 0 Å². The van der Waals surface area contributed by atoms with Gasteiger partial charge in [-0.25, -0.2) is 4.98 Å². The Morgan fingerprint density at radius 2 is 1.89 bits per heavy atom. The van der Waals surface area contributed by atoms with E-state index in [2.05, 4.69) is 27.4 Å². The van der Waals surface area contributed by atoms with E-state index in [0.717, 1.165) is 22.6 Å². The number of rotatable bonds is 2. The summed E-state index contributed by atoms with van der Waals surface area (Å²) in [4.78, 5) is 8.45. The average Bonchev–Trinajstić information content (AvgIpc) is 2.83. The Bertz CT molecular complexity index is 786. The first kappa shape index (κ1) is 12.1. The van der Waals surface area contributed by atoms with Gasteiger partial charge in [-0.3, -0.25) is 0 Å². The summed E-state index contributed by atoms with van der Waals surface area (Å²) in [5, 5.41) is 3.03. The van der Waals surface area contributed by atoms with Gasteiger partial charge in [0.05, 0.1) is 21.6 Å². The predicted octanol–water partition coefficient (Wildman–Crippen LogP) is 4.39. The molecule has 0 unspecified atom stereocenters. The summed E-state index contributed by atoms with van der Waals surface area (Å²) < 4.78 is 1.90. The van der Waals surface area contributed by atoms with Crippen molar-refractivity contribution in [1.82, 2.24) is 9.38 Å². The maximum absolute atomic E-state index is 5.95. The molecule has 2 aromatic heterocycles. The van der Waals surface area contributed by atoms with Crippen LogP contribution in [0.25, 0.3) is 16.9 Å². The van der Waals surface area contributed by atoms with Crippen LogP contribution in [0.5, 0.6) is 0 Å². The Balaban J connectivity index is 2.05. The van der Waals surface area contributed by atoms with E-state index in [1.54, 1.807) is 0 Å². The molecule has 3 nitrogen and oxygen atoms in total. The normalized spacial score (nSPS) is 10.4. The monoisotopic (exact) mass is 285 g/mol. The van der Waals surface area contributed by atoms with Gasteiger partial charge in [-0.15, -0.1) is 0 Å². The summed E-state index contributed by atoms with van der Waals surface area (Å²) >= 11 is 10.5. The molecule has 0 radical (unpaired) electrons. The molecule has 0 spiro atoms. The van der Waals surface area contributed by atoms with Crippen molar-refractivity contribution in [3.63, 3.8) is 0 Å². The van der Waals surface area contributed by atoms with E-state index in [0.29, 0.717) is 5.02 Å². The van der Waals surface area contributed by atoms with Crippen molar-refractivity contribution in [3.8, 4) is 11.3 Å². The topological polar surface area (TPSA) is 29.7 Å². The van der Waals surface area contributed by atoms with E-state index >= 15 is 0 Å². The Morgan fingerprint density at radius 3 is 2.63 bits per heavy atom. The maximum atomic E-state index is 5.95. The van der Waals surface area contributed by atoms with Gasteiger partial charge in [-0.1, -0.05) is 23.7 Å². The zero-order chi connectivity index (χ0) is 13.2. The highest BCUT2D eigenvalue weighted by Crippen LogP contribution is 2.23. The highest BCUT2D eigenvalue weighted by molar-refractivity contribution is 7.78. The minimum absolute atomic E-state index is 0.683. The third-order valence-corrected chi connectivity index (χ3v) is 3.07. The molecular formula is C14H8ClN3S. The zero-order valence-electron chi connectivity index (χ0n) is 9.75. The summed E-state index contributed by atoms with van der Waals surface area (Å²) in [6.45, 7) is 0. The molecule has 0 saturated carbocycles. The summed E-state index contributed by atoms with van der Waals surface area (Å²) in [5.74, 6) is 0. The zero-order valence-corrected chi connectivity index (χ0v) is 11.3. The van der Waals surface area contributed by atoms with E-state index in [4.69, 9.17) is 11.6 Å². The highest BCUT2D eigenvalue weighted by atomic mass is 35.5. The molecule has 3 aromatic rings. The maximum Gasteiger partial charge on any atom is 0.137 e. The molecular weight excluding hydrogens is 278 g/mol. The molecule has 0 fully saturated rings. The first-order valence-corrected chi connectivity index (χ1v) is 6.37. The largest absolute Gasteiger partial charge is 0.305 e. The molecule has 1 aromatic carbocycles. The van der Waals surface area contributed by atoms with Gasteiger partial charge in [0.2, 0.25) is 0 Å². The highest BCUT2D eigenvalue weighted by Gasteiger charge is 2.04. The third kappa shape index (κ3) is 2.42. The Kier molecular flexibility index (Phi) is 3.13. The lowest BCUT2D eigenvalue weighted by atomic mass is 10.1. The van der Waals surface area contributed by atoms with Crippen LogP contribution in [0.1, 0.15) is 0 Å². The molecule has 0 N–H and O–H groups in total. The lowest BCUT2D eigenvalue weighted by Crippen LogP contribution is -1.79. The standard InChI is InChI=1S/C14H8ClN3S/c15-11-3-6-14-17-13(8-18(14)7-11)10-1-4-12(5-2-10)16-9-19/h1-8H. The number of pyridine rings is 1. The number of isothiocyanates is 1. The smallest absolute Gasteiger partial charge is 0.137 e. The molecule has 0 saturated heterocycles. The van der Waals surface area contributed by atoms with E-state index < -0.39 is 0 Å². The van der Waals surface area contributed by atoms with Gasteiger partial charge >= 0.3 is 0 Å². The van der Waals surface area contributed by atoms with E-state index in [1.807, 2.05) is 53.2 Å². The van der Waals surface area contributed by atoms with E-state index in [1.165, 1.54) is 0 Å². The fourth-order valence-electron chi connectivity index (χ4n) is 1.86. The number of hydrogen-bond donors (Lipinski definition) is 0. The Hall–Kier alpha value is -2.00. The summed E-state index contributed by atoms with van der Waals surface area (Å²) in [7, 11) is 0. The minimum atomic E-state index is 0.683. The third-order valence-electron chi connectivity index (χ3n) is 2.75. The fraction of sp³-hybridized carbons (Fsp3) is 0. The lowest BCUT2D eigenvalue weighted by molar-refractivity contribution is 1.19. The van der Waals surface area contributed by atoms with Crippen LogP contribution in [0.2, 0.25) is 5.02 Å². The number of nitrogens with zero attached hydrogens (tertiary/aromatic N) is 3. The summed E-state index contributed by atoms with van der Waals surface area (Å²) in [6, 6.07) is 11.4. The second-order valence-corrected chi connectivity index (χ2v) is 4.61. The van der Waals surface area contributed by atoms with Gasteiger partial charge in [0.15, 0.2) is 0 Å². The van der Waals surface area contributed by atoms with E-state index in [-0.39, 0.29) is 0 Å². The molecule has 0 atom stereocenters. The number of fused-ring (bicyclic) bond motifs is 1. The number of hydrogen-bond acceptors (Lipinski definition) is 3. The van der Waals surface area contributed by atoms with Crippen molar-refractivity contribution in [2.24, 2.45) is 4.99 Å². The lowest BCUT2D eigenvalue weighted by Gasteiger charge is -1.96. The number of aromatic nitrogens is 2. The van der Waals surface area contributed by atoms with Crippen molar-refractivity contribution in [2.75, 3.05) is 0 Å². The molecule has 2 heterocycles. The molecule has 0 amide bonds. The number of halogens is 1. The van der Waals surface area contributed by atoms with Gasteiger partial charge in [-0.05, 0) is 36.5 Å². The Morgan fingerprint density at radius 1 is 1.11 bits per heavy atom. The fourth-order valence-corrected chi connectivity index (χ4v) is 2.14. The van der Waals surface area contributed by atoms with Crippen LogP contribution in [0.4, 0.5) is 5.69 Å². The first-order chi connectivity index (χ1) is 9.26. The van der Waals surface area contributed by atoms with Crippen LogP contribution >= 0.6 is 23.8 Å². The molecule has 3 rings (SSSR count). The van der Waals surface area contributed by atoms with Gasteiger partial charge in [0.25, 0.3) is 0 Å². The van der Waals surface area contributed by atoms with E-state index in [9.17, 15) is 0 Å². The van der Waals surface area contributed by atoms with Crippen molar-refractivity contribution >= 4 is 40.3 Å². The van der Waals surface area contributed by atoms with Crippen molar-refractivity contribution in [3.05, 3.63) is 53.8 Å². The average molecular weight is 286 g/mol. The quantitative estimate of drug-likeness (QED) is 0.516. The van der Waals surface area contributed by atoms with Crippen LogP contribution in [0.3, 0.4) is 0 Å². The summed E-state index contributed by atoms with van der Waals surface area (Å²) in [6.07, 6.45) is 3.77. The first-order valence-electron chi connectivity index (χ1n) is 5.59.